The maximum Gasteiger partial charge on any atom is 0.220 e. The number of hydrogen-bond donors (Lipinski definition) is 2. The first-order chi connectivity index (χ1) is 9.18. The SMILES string of the molecule is O=C(CCCc1ccccn1)NCC1(O)CCCC1. The zero-order valence-electron chi connectivity index (χ0n) is 11.3. The standard InChI is InChI=1S/C15H22N2O2/c18-14(17-12-15(19)9-2-3-10-15)8-5-7-13-6-1-4-11-16-13/h1,4,6,11,19H,2-3,5,7-10,12H2,(H,17,18). The van der Waals surface area contributed by atoms with Crippen LogP contribution in [-0.4, -0.2) is 28.1 Å². The van der Waals surface area contributed by atoms with Gasteiger partial charge in [0, 0.05) is 24.9 Å². The molecule has 1 aliphatic rings. The Morgan fingerprint density at radius 3 is 2.84 bits per heavy atom. The zero-order valence-corrected chi connectivity index (χ0v) is 11.3. The lowest BCUT2D eigenvalue weighted by Gasteiger charge is -2.22. The van der Waals surface area contributed by atoms with Gasteiger partial charge in [0.05, 0.1) is 5.60 Å². The minimum Gasteiger partial charge on any atom is -0.388 e. The largest absolute Gasteiger partial charge is 0.388 e. The van der Waals surface area contributed by atoms with Crippen molar-refractivity contribution < 1.29 is 9.90 Å². The second-order valence-corrected chi connectivity index (χ2v) is 5.38. The monoisotopic (exact) mass is 262 g/mol. The lowest BCUT2D eigenvalue weighted by Crippen LogP contribution is -2.40. The molecular formula is C15H22N2O2. The summed E-state index contributed by atoms with van der Waals surface area (Å²) in [5.74, 6) is 0.0243. The van der Waals surface area contributed by atoms with Crippen molar-refractivity contribution in [2.45, 2.75) is 50.5 Å². The number of pyridine rings is 1. The highest BCUT2D eigenvalue weighted by Crippen LogP contribution is 2.28. The Hall–Kier alpha value is -1.42. The van der Waals surface area contributed by atoms with E-state index in [1.165, 1.54) is 0 Å². The maximum atomic E-state index is 11.7. The van der Waals surface area contributed by atoms with Crippen LogP contribution in [0.4, 0.5) is 0 Å². The molecule has 1 heterocycles. The van der Waals surface area contributed by atoms with Gasteiger partial charge in [-0.25, -0.2) is 0 Å². The van der Waals surface area contributed by atoms with E-state index in [2.05, 4.69) is 10.3 Å². The van der Waals surface area contributed by atoms with Gasteiger partial charge in [0.2, 0.25) is 5.91 Å². The van der Waals surface area contributed by atoms with Crippen molar-refractivity contribution in [1.82, 2.24) is 10.3 Å². The molecule has 1 amide bonds. The highest BCUT2D eigenvalue weighted by atomic mass is 16.3. The van der Waals surface area contributed by atoms with E-state index in [-0.39, 0.29) is 5.91 Å². The van der Waals surface area contributed by atoms with Gasteiger partial charge in [0.15, 0.2) is 0 Å². The summed E-state index contributed by atoms with van der Waals surface area (Å²) in [6, 6.07) is 5.82. The fourth-order valence-corrected chi connectivity index (χ4v) is 2.54. The van der Waals surface area contributed by atoms with Crippen molar-refractivity contribution in [2.75, 3.05) is 6.54 Å². The zero-order chi connectivity index (χ0) is 13.6. The first kappa shape index (κ1) is 14.0. The van der Waals surface area contributed by atoms with E-state index < -0.39 is 5.60 Å². The van der Waals surface area contributed by atoms with Crippen molar-refractivity contribution >= 4 is 5.91 Å². The van der Waals surface area contributed by atoms with E-state index in [0.717, 1.165) is 44.2 Å². The topological polar surface area (TPSA) is 62.2 Å². The van der Waals surface area contributed by atoms with Crippen LogP contribution in [0.2, 0.25) is 0 Å². The fourth-order valence-electron chi connectivity index (χ4n) is 2.54. The second-order valence-electron chi connectivity index (χ2n) is 5.38. The van der Waals surface area contributed by atoms with Gasteiger partial charge in [-0.1, -0.05) is 18.9 Å². The highest BCUT2D eigenvalue weighted by molar-refractivity contribution is 5.75. The first-order valence-corrected chi connectivity index (χ1v) is 7.07. The quantitative estimate of drug-likeness (QED) is 0.822. The number of carbonyl (C=O) groups excluding carboxylic acids is 1. The molecule has 1 aromatic heterocycles. The van der Waals surface area contributed by atoms with E-state index in [0.29, 0.717) is 13.0 Å². The van der Waals surface area contributed by atoms with Crippen LogP contribution in [0, 0.1) is 0 Å². The minimum absolute atomic E-state index is 0.0243. The molecule has 2 rings (SSSR count). The van der Waals surface area contributed by atoms with E-state index >= 15 is 0 Å². The van der Waals surface area contributed by atoms with E-state index in [1.54, 1.807) is 6.20 Å². The molecule has 0 bridgehead atoms. The van der Waals surface area contributed by atoms with E-state index in [1.807, 2.05) is 18.2 Å². The molecule has 0 aliphatic heterocycles. The predicted octanol–water partition coefficient (Wildman–Crippen LogP) is 1.83. The second kappa shape index (κ2) is 6.66. The average Bonchev–Trinajstić information content (AvgIpc) is 2.85. The molecule has 4 heteroatoms. The van der Waals surface area contributed by atoms with Crippen LogP contribution in [0.5, 0.6) is 0 Å². The lowest BCUT2D eigenvalue weighted by atomic mass is 10.0. The highest BCUT2D eigenvalue weighted by Gasteiger charge is 2.31. The Balaban J connectivity index is 1.62. The van der Waals surface area contributed by atoms with Gasteiger partial charge in [-0.3, -0.25) is 9.78 Å². The lowest BCUT2D eigenvalue weighted by molar-refractivity contribution is -0.122. The maximum absolute atomic E-state index is 11.7. The minimum atomic E-state index is -0.656. The molecule has 1 fully saturated rings. The Labute approximate surface area is 114 Å². The molecule has 4 nitrogen and oxygen atoms in total. The van der Waals surface area contributed by atoms with Crippen LogP contribution < -0.4 is 5.32 Å². The van der Waals surface area contributed by atoms with Crippen molar-refractivity contribution in [3.8, 4) is 0 Å². The Kier molecular flexibility index (Phi) is 4.91. The Morgan fingerprint density at radius 2 is 2.16 bits per heavy atom. The number of nitrogens with one attached hydrogen (secondary N) is 1. The molecule has 1 aromatic rings. The molecule has 104 valence electrons. The van der Waals surface area contributed by atoms with Gasteiger partial charge in [0.1, 0.15) is 0 Å². The van der Waals surface area contributed by atoms with Gasteiger partial charge < -0.3 is 10.4 Å². The van der Waals surface area contributed by atoms with Gasteiger partial charge in [-0.15, -0.1) is 0 Å². The fraction of sp³-hybridized carbons (Fsp3) is 0.600. The summed E-state index contributed by atoms with van der Waals surface area (Å²) in [6.07, 6.45) is 7.61. The summed E-state index contributed by atoms with van der Waals surface area (Å²) < 4.78 is 0. The third-order valence-electron chi connectivity index (χ3n) is 3.71. The smallest absolute Gasteiger partial charge is 0.220 e. The summed E-state index contributed by atoms with van der Waals surface area (Å²) in [7, 11) is 0. The van der Waals surface area contributed by atoms with Gasteiger partial charge >= 0.3 is 0 Å². The van der Waals surface area contributed by atoms with Gasteiger partial charge in [-0.2, -0.15) is 0 Å². The average molecular weight is 262 g/mol. The van der Waals surface area contributed by atoms with Crippen molar-refractivity contribution in [3.63, 3.8) is 0 Å². The summed E-state index contributed by atoms with van der Waals surface area (Å²) >= 11 is 0. The summed E-state index contributed by atoms with van der Waals surface area (Å²) in [6.45, 7) is 0.398. The van der Waals surface area contributed by atoms with E-state index in [9.17, 15) is 9.90 Å². The number of aryl methyl sites for hydroxylation is 1. The summed E-state index contributed by atoms with van der Waals surface area (Å²) in [5, 5.41) is 13.0. The first-order valence-electron chi connectivity index (χ1n) is 7.07. The molecule has 0 radical (unpaired) electrons. The molecule has 1 aliphatic carbocycles. The predicted molar refractivity (Wildman–Crippen MR) is 73.6 cm³/mol. The van der Waals surface area contributed by atoms with Crippen molar-refractivity contribution in [3.05, 3.63) is 30.1 Å². The van der Waals surface area contributed by atoms with Crippen molar-refractivity contribution in [1.29, 1.82) is 0 Å². The van der Waals surface area contributed by atoms with Crippen LogP contribution >= 0.6 is 0 Å². The van der Waals surface area contributed by atoms with Crippen LogP contribution in [-0.2, 0) is 11.2 Å². The molecule has 0 atom stereocenters. The van der Waals surface area contributed by atoms with Crippen LogP contribution in [0.1, 0.15) is 44.2 Å². The summed E-state index contributed by atoms with van der Waals surface area (Å²) in [4.78, 5) is 15.9. The summed E-state index contributed by atoms with van der Waals surface area (Å²) in [5.41, 5.74) is 0.362. The van der Waals surface area contributed by atoms with Gasteiger partial charge in [-0.05, 0) is 37.8 Å². The molecule has 0 saturated heterocycles. The Bertz CT molecular complexity index is 400. The number of aromatic nitrogens is 1. The molecule has 2 N–H and O–H groups in total. The number of amides is 1. The molecular weight excluding hydrogens is 240 g/mol. The van der Waals surface area contributed by atoms with Crippen LogP contribution in [0.25, 0.3) is 0 Å². The van der Waals surface area contributed by atoms with Crippen LogP contribution in [0.3, 0.4) is 0 Å². The normalized spacial score (nSPS) is 17.3. The number of carbonyl (C=O) groups is 1. The Morgan fingerprint density at radius 1 is 1.37 bits per heavy atom. The molecule has 19 heavy (non-hydrogen) atoms. The molecule has 1 saturated carbocycles. The third kappa shape index (κ3) is 4.63. The molecule has 0 unspecified atom stereocenters. The number of rotatable bonds is 6. The number of hydrogen-bond acceptors (Lipinski definition) is 3. The van der Waals surface area contributed by atoms with E-state index in [4.69, 9.17) is 0 Å². The molecule has 0 spiro atoms. The van der Waals surface area contributed by atoms with Gasteiger partial charge in [0.25, 0.3) is 0 Å². The third-order valence-corrected chi connectivity index (χ3v) is 3.71. The van der Waals surface area contributed by atoms with Crippen molar-refractivity contribution in [2.24, 2.45) is 0 Å². The number of aliphatic hydroxyl groups is 1. The number of nitrogens with zero attached hydrogens (tertiary/aromatic N) is 1. The molecule has 0 aromatic carbocycles. The van der Waals surface area contributed by atoms with Crippen LogP contribution in [0.15, 0.2) is 24.4 Å².